The molecule has 0 atom stereocenters. The van der Waals surface area contributed by atoms with Crippen molar-refractivity contribution >= 4 is 5.78 Å². The van der Waals surface area contributed by atoms with E-state index >= 15 is 0 Å². The van der Waals surface area contributed by atoms with Gasteiger partial charge in [-0.2, -0.15) is 0 Å². The summed E-state index contributed by atoms with van der Waals surface area (Å²) in [4.78, 5) is 17.4. The van der Waals surface area contributed by atoms with E-state index in [2.05, 4.69) is 4.98 Å². The predicted molar refractivity (Wildman–Crippen MR) is 117 cm³/mol. The van der Waals surface area contributed by atoms with Crippen molar-refractivity contribution in [3.63, 3.8) is 0 Å². The van der Waals surface area contributed by atoms with Gasteiger partial charge in [0, 0.05) is 17.3 Å². The van der Waals surface area contributed by atoms with E-state index in [0.717, 1.165) is 28.3 Å². The number of ketones is 1. The van der Waals surface area contributed by atoms with E-state index in [4.69, 9.17) is 9.47 Å². The van der Waals surface area contributed by atoms with Gasteiger partial charge in [0.25, 0.3) is 0 Å². The Hall–Kier alpha value is -3.86. The van der Waals surface area contributed by atoms with Crippen molar-refractivity contribution in [3.05, 3.63) is 96.1 Å². The highest BCUT2D eigenvalue weighted by molar-refractivity contribution is 6.10. The summed E-state index contributed by atoms with van der Waals surface area (Å²) >= 11 is 0. The SMILES string of the molecule is COc1ccc(-c2cccc(C(=O)c3ccc(-n4cnc(C)c4)c(OC)c3)c2)cc1. The lowest BCUT2D eigenvalue weighted by atomic mass is 9.98. The van der Waals surface area contributed by atoms with Crippen molar-refractivity contribution in [2.24, 2.45) is 0 Å². The van der Waals surface area contributed by atoms with Crippen LogP contribution in [0.3, 0.4) is 0 Å². The van der Waals surface area contributed by atoms with Gasteiger partial charge in [-0.05, 0) is 54.4 Å². The molecule has 0 bridgehead atoms. The van der Waals surface area contributed by atoms with E-state index in [9.17, 15) is 4.79 Å². The van der Waals surface area contributed by atoms with Gasteiger partial charge in [0.05, 0.1) is 31.9 Å². The molecule has 30 heavy (non-hydrogen) atoms. The van der Waals surface area contributed by atoms with Gasteiger partial charge in [-0.1, -0.05) is 30.3 Å². The molecule has 1 heterocycles. The summed E-state index contributed by atoms with van der Waals surface area (Å²) in [5, 5.41) is 0. The molecular weight excluding hydrogens is 376 g/mol. The Kier molecular flexibility index (Phi) is 5.35. The first-order valence-corrected chi connectivity index (χ1v) is 9.57. The van der Waals surface area contributed by atoms with E-state index in [1.165, 1.54) is 0 Å². The molecule has 0 aliphatic carbocycles. The average Bonchev–Trinajstić information content (AvgIpc) is 3.24. The number of carbonyl (C=O) groups is 1. The highest BCUT2D eigenvalue weighted by Gasteiger charge is 2.14. The quantitative estimate of drug-likeness (QED) is 0.424. The zero-order valence-corrected chi connectivity index (χ0v) is 17.1. The molecule has 0 saturated heterocycles. The Labute approximate surface area is 175 Å². The molecule has 0 spiro atoms. The molecule has 1 aromatic heterocycles. The van der Waals surface area contributed by atoms with Gasteiger partial charge < -0.3 is 14.0 Å². The van der Waals surface area contributed by atoms with Gasteiger partial charge in [0.1, 0.15) is 11.5 Å². The van der Waals surface area contributed by atoms with Crippen LogP contribution in [0.4, 0.5) is 0 Å². The third-order valence-corrected chi connectivity index (χ3v) is 4.98. The number of imidazole rings is 1. The van der Waals surface area contributed by atoms with E-state index in [1.54, 1.807) is 26.6 Å². The average molecular weight is 398 g/mol. The van der Waals surface area contributed by atoms with Crippen LogP contribution in [0.15, 0.2) is 79.3 Å². The summed E-state index contributed by atoms with van der Waals surface area (Å²) in [7, 11) is 3.24. The van der Waals surface area contributed by atoms with Crippen LogP contribution in [-0.4, -0.2) is 29.6 Å². The minimum absolute atomic E-state index is 0.0583. The second-order valence-corrected chi connectivity index (χ2v) is 6.95. The molecule has 0 saturated carbocycles. The van der Waals surface area contributed by atoms with Gasteiger partial charge >= 0.3 is 0 Å². The first-order chi connectivity index (χ1) is 14.6. The van der Waals surface area contributed by atoms with Crippen LogP contribution >= 0.6 is 0 Å². The molecule has 4 aromatic rings. The Morgan fingerprint density at radius 2 is 1.63 bits per heavy atom. The largest absolute Gasteiger partial charge is 0.497 e. The van der Waals surface area contributed by atoms with E-state index in [1.807, 2.05) is 78.4 Å². The number of methoxy groups -OCH3 is 2. The van der Waals surface area contributed by atoms with Gasteiger partial charge in [0.15, 0.2) is 5.78 Å². The van der Waals surface area contributed by atoms with E-state index in [0.29, 0.717) is 16.9 Å². The molecule has 3 aromatic carbocycles. The lowest BCUT2D eigenvalue weighted by Crippen LogP contribution is -2.04. The van der Waals surface area contributed by atoms with Crippen LogP contribution in [0.25, 0.3) is 16.8 Å². The maximum absolute atomic E-state index is 13.2. The van der Waals surface area contributed by atoms with E-state index < -0.39 is 0 Å². The number of ether oxygens (including phenoxy) is 2. The lowest BCUT2D eigenvalue weighted by Gasteiger charge is -2.11. The molecule has 0 N–H and O–H groups in total. The second kappa shape index (κ2) is 8.25. The molecule has 0 amide bonds. The molecule has 0 aliphatic heterocycles. The number of benzene rings is 3. The summed E-state index contributed by atoms with van der Waals surface area (Å²) in [6, 6.07) is 20.9. The first kappa shape index (κ1) is 19.5. The molecule has 0 unspecified atom stereocenters. The molecule has 0 fully saturated rings. The van der Waals surface area contributed by atoms with Gasteiger partial charge in [-0.3, -0.25) is 4.79 Å². The Bertz CT molecular complexity index is 1190. The predicted octanol–water partition coefficient (Wildman–Crippen LogP) is 5.10. The van der Waals surface area contributed by atoms with Crippen molar-refractivity contribution in [1.82, 2.24) is 9.55 Å². The summed E-state index contributed by atoms with van der Waals surface area (Å²) in [5.41, 5.74) is 4.93. The second-order valence-electron chi connectivity index (χ2n) is 6.95. The number of carbonyl (C=O) groups excluding carboxylic acids is 1. The molecular formula is C25H22N2O3. The monoisotopic (exact) mass is 398 g/mol. The van der Waals surface area contributed by atoms with Crippen LogP contribution < -0.4 is 9.47 Å². The van der Waals surface area contributed by atoms with Crippen LogP contribution in [0.2, 0.25) is 0 Å². The van der Waals surface area contributed by atoms with Crippen molar-refractivity contribution in [2.45, 2.75) is 6.92 Å². The number of hydrogen-bond donors (Lipinski definition) is 0. The van der Waals surface area contributed by atoms with Crippen molar-refractivity contribution in [2.75, 3.05) is 14.2 Å². The number of hydrogen-bond acceptors (Lipinski definition) is 4. The third kappa shape index (κ3) is 3.82. The lowest BCUT2D eigenvalue weighted by molar-refractivity contribution is 0.103. The fourth-order valence-electron chi connectivity index (χ4n) is 3.38. The standard InChI is InChI=1S/C25H22N2O3/c1-17-15-27(16-26-17)23-12-9-21(14-24(23)30-3)25(28)20-6-4-5-19(13-20)18-7-10-22(29-2)11-8-18/h4-16H,1-3H3. The molecule has 5 heteroatoms. The van der Waals surface area contributed by atoms with Crippen LogP contribution in [0.5, 0.6) is 11.5 Å². The van der Waals surface area contributed by atoms with Crippen LogP contribution in [-0.2, 0) is 0 Å². The summed E-state index contributed by atoms with van der Waals surface area (Å²) in [5.74, 6) is 1.35. The van der Waals surface area contributed by atoms with Gasteiger partial charge in [-0.15, -0.1) is 0 Å². The van der Waals surface area contributed by atoms with E-state index in [-0.39, 0.29) is 5.78 Å². The molecule has 0 radical (unpaired) electrons. The Morgan fingerprint density at radius 3 is 2.30 bits per heavy atom. The highest BCUT2D eigenvalue weighted by Crippen LogP contribution is 2.27. The topological polar surface area (TPSA) is 53.4 Å². The zero-order valence-electron chi connectivity index (χ0n) is 17.1. The molecule has 5 nitrogen and oxygen atoms in total. The zero-order chi connectivity index (χ0) is 21.1. The molecule has 150 valence electrons. The summed E-state index contributed by atoms with van der Waals surface area (Å²) < 4.78 is 12.6. The van der Waals surface area contributed by atoms with Crippen molar-refractivity contribution in [1.29, 1.82) is 0 Å². The molecule has 4 rings (SSSR count). The fraction of sp³-hybridized carbons (Fsp3) is 0.120. The number of aryl methyl sites for hydroxylation is 1. The Morgan fingerprint density at radius 1 is 0.867 bits per heavy atom. The van der Waals surface area contributed by atoms with Gasteiger partial charge in [0.2, 0.25) is 0 Å². The van der Waals surface area contributed by atoms with Crippen LogP contribution in [0.1, 0.15) is 21.6 Å². The van der Waals surface area contributed by atoms with Crippen molar-refractivity contribution in [3.8, 4) is 28.3 Å². The third-order valence-electron chi connectivity index (χ3n) is 4.98. The van der Waals surface area contributed by atoms with Crippen LogP contribution in [0, 0.1) is 6.92 Å². The Balaban J connectivity index is 1.66. The minimum atomic E-state index is -0.0583. The normalized spacial score (nSPS) is 10.6. The highest BCUT2D eigenvalue weighted by atomic mass is 16.5. The first-order valence-electron chi connectivity index (χ1n) is 9.57. The maximum Gasteiger partial charge on any atom is 0.193 e. The smallest absolute Gasteiger partial charge is 0.193 e. The van der Waals surface area contributed by atoms with Gasteiger partial charge in [-0.25, -0.2) is 4.98 Å². The summed E-state index contributed by atoms with van der Waals surface area (Å²) in [6.07, 6.45) is 3.64. The number of nitrogens with zero attached hydrogens (tertiary/aromatic N) is 2. The minimum Gasteiger partial charge on any atom is -0.497 e. The number of rotatable bonds is 6. The fourth-order valence-corrected chi connectivity index (χ4v) is 3.38. The maximum atomic E-state index is 13.2. The number of aromatic nitrogens is 2. The van der Waals surface area contributed by atoms with Crippen molar-refractivity contribution < 1.29 is 14.3 Å². The molecule has 0 aliphatic rings. The summed E-state index contributed by atoms with van der Waals surface area (Å²) in [6.45, 7) is 1.93.